The molecule has 1 heterocycles. The van der Waals surface area contributed by atoms with Gasteiger partial charge in [0.1, 0.15) is 11.6 Å². The van der Waals surface area contributed by atoms with Crippen molar-refractivity contribution in [1.29, 1.82) is 0 Å². The van der Waals surface area contributed by atoms with E-state index in [1.54, 1.807) is 7.11 Å². The molecule has 0 aliphatic rings. The Bertz CT molecular complexity index is 353. The molecule has 0 fully saturated rings. The van der Waals surface area contributed by atoms with Gasteiger partial charge in [-0.2, -0.15) is 4.98 Å². The molecule has 0 saturated heterocycles. The normalized spacial score (nSPS) is 10.7. The summed E-state index contributed by atoms with van der Waals surface area (Å²) in [5.74, 6) is 2.90. The highest BCUT2D eigenvalue weighted by Gasteiger charge is 2.06. The smallest absolute Gasteiger partial charge is 0.218 e. The molecule has 0 unspecified atom stereocenters. The van der Waals surface area contributed by atoms with E-state index in [9.17, 15) is 0 Å². The molecular weight excluding hydrogens is 226 g/mol. The number of ether oxygens (including phenoxy) is 1. The minimum Gasteiger partial charge on any atom is -0.481 e. The van der Waals surface area contributed by atoms with E-state index < -0.39 is 0 Å². The zero-order valence-corrected chi connectivity index (χ0v) is 12.0. The first-order valence-corrected chi connectivity index (χ1v) is 6.81. The number of nitrogens with zero attached hydrogens (tertiary/aromatic N) is 2. The number of anilines is 1. The van der Waals surface area contributed by atoms with E-state index in [0.717, 1.165) is 24.6 Å². The van der Waals surface area contributed by atoms with Crippen molar-refractivity contribution in [1.82, 2.24) is 9.97 Å². The maximum absolute atomic E-state index is 5.21. The van der Waals surface area contributed by atoms with E-state index in [1.165, 1.54) is 19.3 Å². The Balaban J connectivity index is 2.64. The number of aromatic nitrogens is 2. The third-order valence-corrected chi connectivity index (χ3v) is 2.64. The Morgan fingerprint density at radius 3 is 2.67 bits per heavy atom. The minimum atomic E-state index is 0.546. The van der Waals surface area contributed by atoms with Gasteiger partial charge in [0.05, 0.1) is 7.11 Å². The highest BCUT2D eigenvalue weighted by Crippen LogP contribution is 2.15. The maximum Gasteiger partial charge on any atom is 0.218 e. The first kappa shape index (κ1) is 14.7. The lowest BCUT2D eigenvalue weighted by molar-refractivity contribution is 0.394. The Kier molecular flexibility index (Phi) is 6.47. The Hall–Kier alpha value is -1.32. The summed E-state index contributed by atoms with van der Waals surface area (Å²) in [4.78, 5) is 8.88. The molecule has 1 rings (SSSR count). The molecule has 0 bridgehead atoms. The Morgan fingerprint density at radius 2 is 2.06 bits per heavy atom. The number of methoxy groups -OCH3 is 1. The second-order valence-electron chi connectivity index (χ2n) is 4.94. The molecule has 0 radical (unpaired) electrons. The molecule has 102 valence electrons. The van der Waals surface area contributed by atoms with E-state index in [0.29, 0.717) is 11.8 Å². The zero-order chi connectivity index (χ0) is 13.4. The van der Waals surface area contributed by atoms with Crippen LogP contribution >= 0.6 is 0 Å². The third-order valence-electron chi connectivity index (χ3n) is 2.64. The second-order valence-corrected chi connectivity index (χ2v) is 4.94. The van der Waals surface area contributed by atoms with Crippen LogP contribution in [-0.4, -0.2) is 23.6 Å². The molecule has 1 N–H and O–H groups in total. The molecule has 18 heavy (non-hydrogen) atoms. The van der Waals surface area contributed by atoms with Crippen molar-refractivity contribution in [3.8, 4) is 5.88 Å². The quantitative estimate of drug-likeness (QED) is 0.720. The standard InChI is InChI=1S/C14H25N3O/c1-5-6-7-8-15-12-10-14(18-4)17-13(16-12)9-11(2)3/h10-11H,5-9H2,1-4H3,(H,15,16,17). The van der Waals surface area contributed by atoms with Gasteiger partial charge in [-0.25, -0.2) is 4.98 Å². The van der Waals surface area contributed by atoms with Crippen LogP contribution in [0.2, 0.25) is 0 Å². The molecule has 0 spiro atoms. The van der Waals surface area contributed by atoms with Gasteiger partial charge >= 0.3 is 0 Å². The van der Waals surface area contributed by atoms with Crippen LogP contribution in [-0.2, 0) is 6.42 Å². The highest BCUT2D eigenvalue weighted by molar-refractivity contribution is 5.38. The molecule has 4 nitrogen and oxygen atoms in total. The number of hydrogen-bond donors (Lipinski definition) is 1. The van der Waals surface area contributed by atoms with Gasteiger partial charge in [-0.15, -0.1) is 0 Å². The summed E-state index contributed by atoms with van der Waals surface area (Å²) < 4.78 is 5.21. The van der Waals surface area contributed by atoms with Gasteiger partial charge < -0.3 is 10.1 Å². The monoisotopic (exact) mass is 251 g/mol. The summed E-state index contributed by atoms with van der Waals surface area (Å²) in [6.07, 6.45) is 4.52. The molecule has 0 aliphatic heterocycles. The molecule has 0 saturated carbocycles. The van der Waals surface area contributed by atoms with Gasteiger partial charge in [-0.05, 0) is 12.3 Å². The van der Waals surface area contributed by atoms with Crippen molar-refractivity contribution >= 4 is 5.82 Å². The second kappa shape index (κ2) is 7.90. The molecule has 1 aromatic heterocycles. The molecule has 0 aliphatic carbocycles. The SMILES string of the molecule is CCCCCNc1cc(OC)nc(CC(C)C)n1. The molecule has 0 amide bonds. The largest absolute Gasteiger partial charge is 0.481 e. The van der Waals surface area contributed by atoms with Gasteiger partial charge in [0, 0.05) is 19.0 Å². The van der Waals surface area contributed by atoms with Crippen LogP contribution in [0.25, 0.3) is 0 Å². The van der Waals surface area contributed by atoms with Gasteiger partial charge in [0.2, 0.25) is 5.88 Å². The molecule has 1 aromatic rings. The van der Waals surface area contributed by atoms with Crippen LogP contribution in [0.5, 0.6) is 5.88 Å². The van der Waals surface area contributed by atoms with Gasteiger partial charge in [-0.1, -0.05) is 33.6 Å². The maximum atomic E-state index is 5.21. The highest BCUT2D eigenvalue weighted by atomic mass is 16.5. The first-order chi connectivity index (χ1) is 8.65. The first-order valence-electron chi connectivity index (χ1n) is 6.81. The van der Waals surface area contributed by atoms with Crippen molar-refractivity contribution in [2.75, 3.05) is 19.0 Å². The number of unbranched alkanes of at least 4 members (excludes halogenated alkanes) is 2. The lowest BCUT2D eigenvalue weighted by Gasteiger charge is -2.10. The molecular formula is C14H25N3O. The number of rotatable bonds is 8. The number of hydrogen-bond acceptors (Lipinski definition) is 4. The molecule has 0 atom stereocenters. The summed E-state index contributed by atoms with van der Waals surface area (Å²) in [5.41, 5.74) is 0. The summed E-state index contributed by atoms with van der Waals surface area (Å²) in [7, 11) is 1.64. The zero-order valence-electron chi connectivity index (χ0n) is 12.0. The summed E-state index contributed by atoms with van der Waals surface area (Å²) >= 11 is 0. The predicted molar refractivity (Wildman–Crippen MR) is 75.1 cm³/mol. The molecule has 4 heteroatoms. The van der Waals surface area contributed by atoms with E-state index in [4.69, 9.17) is 4.74 Å². The average Bonchev–Trinajstić information content (AvgIpc) is 2.33. The van der Waals surface area contributed by atoms with Crippen molar-refractivity contribution in [3.63, 3.8) is 0 Å². The summed E-state index contributed by atoms with van der Waals surface area (Å²) in [5, 5.41) is 3.34. The van der Waals surface area contributed by atoms with E-state index >= 15 is 0 Å². The van der Waals surface area contributed by atoms with E-state index in [-0.39, 0.29) is 0 Å². The van der Waals surface area contributed by atoms with Gasteiger partial charge in [0.15, 0.2) is 0 Å². The van der Waals surface area contributed by atoms with E-state index in [1.807, 2.05) is 6.07 Å². The fourth-order valence-electron chi connectivity index (χ4n) is 1.72. The van der Waals surface area contributed by atoms with Crippen molar-refractivity contribution < 1.29 is 4.74 Å². The van der Waals surface area contributed by atoms with Crippen LogP contribution in [0.3, 0.4) is 0 Å². The Morgan fingerprint density at radius 1 is 1.28 bits per heavy atom. The lowest BCUT2D eigenvalue weighted by Crippen LogP contribution is -2.08. The van der Waals surface area contributed by atoms with Crippen LogP contribution in [0.1, 0.15) is 45.9 Å². The topological polar surface area (TPSA) is 47.0 Å². The van der Waals surface area contributed by atoms with Crippen molar-refractivity contribution in [2.24, 2.45) is 5.92 Å². The van der Waals surface area contributed by atoms with E-state index in [2.05, 4.69) is 36.1 Å². The fourth-order valence-corrected chi connectivity index (χ4v) is 1.72. The van der Waals surface area contributed by atoms with Crippen LogP contribution in [0, 0.1) is 5.92 Å². The van der Waals surface area contributed by atoms with Gasteiger partial charge in [0.25, 0.3) is 0 Å². The minimum absolute atomic E-state index is 0.546. The third kappa shape index (κ3) is 5.34. The Labute approximate surface area is 110 Å². The number of nitrogens with one attached hydrogen (secondary N) is 1. The van der Waals surface area contributed by atoms with Gasteiger partial charge in [-0.3, -0.25) is 0 Å². The summed E-state index contributed by atoms with van der Waals surface area (Å²) in [6, 6.07) is 1.86. The predicted octanol–water partition coefficient (Wildman–Crippen LogP) is 3.29. The van der Waals surface area contributed by atoms with Crippen LogP contribution in [0.15, 0.2) is 6.07 Å². The van der Waals surface area contributed by atoms with Crippen LogP contribution < -0.4 is 10.1 Å². The van der Waals surface area contributed by atoms with Crippen LogP contribution in [0.4, 0.5) is 5.82 Å². The summed E-state index contributed by atoms with van der Waals surface area (Å²) in [6.45, 7) is 7.48. The molecule has 0 aromatic carbocycles. The average molecular weight is 251 g/mol. The fraction of sp³-hybridized carbons (Fsp3) is 0.714. The lowest BCUT2D eigenvalue weighted by atomic mass is 10.1. The van der Waals surface area contributed by atoms with Crippen molar-refractivity contribution in [3.05, 3.63) is 11.9 Å². The van der Waals surface area contributed by atoms with Crippen molar-refractivity contribution in [2.45, 2.75) is 46.5 Å².